The average molecular weight is 269 g/mol. The summed E-state index contributed by atoms with van der Waals surface area (Å²) in [6.07, 6.45) is 0.931. The number of nitrogens with zero attached hydrogens (tertiary/aromatic N) is 3. The van der Waals surface area contributed by atoms with Gasteiger partial charge in [0.2, 0.25) is 0 Å². The van der Waals surface area contributed by atoms with Crippen molar-refractivity contribution in [3.63, 3.8) is 0 Å². The van der Waals surface area contributed by atoms with Gasteiger partial charge in [-0.15, -0.1) is 15.0 Å². The van der Waals surface area contributed by atoms with Gasteiger partial charge in [-0.05, 0) is 30.7 Å². The fourth-order valence-corrected chi connectivity index (χ4v) is 1.94. The van der Waals surface area contributed by atoms with E-state index in [9.17, 15) is 5.11 Å². The van der Waals surface area contributed by atoms with Crippen LogP contribution < -0.4 is 4.74 Å². The molecule has 1 aromatic heterocycles. The minimum atomic E-state index is 0.120. The highest BCUT2D eigenvalue weighted by atomic mass is 16.5. The van der Waals surface area contributed by atoms with Crippen molar-refractivity contribution in [3.05, 3.63) is 42.5 Å². The second-order valence-corrected chi connectivity index (χ2v) is 4.48. The summed E-state index contributed by atoms with van der Waals surface area (Å²) in [5, 5.41) is 18.7. The fourth-order valence-electron chi connectivity index (χ4n) is 1.94. The summed E-state index contributed by atoms with van der Waals surface area (Å²) in [7, 11) is 0. The molecule has 0 aliphatic rings. The molecule has 0 aliphatic carbocycles. The molecule has 1 N–H and O–H groups in total. The summed E-state index contributed by atoms with van der Waals surface area (Å²) < 4.78 is 5.57. The number of benzene rings is 2. The number of hydrogen-bond acceptors (Lipinski definition) is 4. The largest absolute Gasteiger partial charge is 0.506 e. The molecule has 3 aromatic rings. The maximum Gasteiger partial charge on any atom is 0.143 e. The van der Waals surface area contributed by atoms with Gasteiger partial charge in [0.1, 0.15) is 28.2 Å². The van der Waals surface area contributed by atoms with E-state index in [1.807, 2.05) is 31.2 Å². The first-order chi connectivity index (χ1) is 9.78. The molecule has 5 heteroatoms. The van der Waals surface area contributed by atoms with E-state index in [1.54, 1.807) is 18.2 Å². The molecule has 5 nitrogen and oxygen atoms in total. The lowest BCUT2D eigenvalue weighted by Gasteiger charge is -2.08. The smallest absolute Gasteiger partial charge is 0.143 e. The third kappa shape index (κ3) is 2.30. The van der Waals surface area contributed by atoms with Gasteiger partial charge in [0, 0.05) is 6.07 Å². The zero-order valence-electron chi connectivity index (χ0n) is 11.2. The molecule has 0 bridgehead atoms. The fraction of sp³-hybridized carbons (Fsp3) is 0.200. The zero-order valence-corrected chi connectivity index (χ0v) is 11.2. The van der Waals surface area contributed by atoms with Crippen molar-refractivity contribution < 1.29 is 9.84 Å². The van der Waals surface area contributed by atoms with E-state index in [0.29, 0.717) is 18.0 Å². The van der Waals surface area contributed by atoms with Crippen LogP contribution in [-0.2, 0) is 0 Å². The van der Waals surface area contributed by atoms with Crippen molar-refractivity contribution >= 4 is 11.0 Å². The molecule has 102 valence electrons. The third-order valence-electron chi connectivity index (χ3n) is 2.92. The van der Waals surface area contributed by atoms with E-state index >= 15 is 0 Å². The van der Waals surface area contributed by atoms with Crippen LogP contribution in [0.1, 0.15) is 13.3 Å². The summed E-state index contributed by atoms with van der Waals surface area (Å²) >= 11 is 0. The Labute approximate surface area is 116 Å². The number of aromatic hydroxyl groups is 1. The summed E-state index contributed by atoms with van der Waals surface area (Å²) in [5.74, 6) is 0.815. The van der Waals surface area contributed by atoms with Crippen LogP contribution in [-0.4, -0.2) is 26.7 Å². The maximum absolute atomic E-state index is 9.98. The van der Waals surface area contributed by atoms with Crippen LogP contribution >= 0.6 is 0 Å². The number of hydrogen-bond donors (Lipinski definition) is 1. The van der Waals surface area contributed by atoms with Crippen LogP contribution in [0.4, 0.5) is 0 Å². The molecule has 0 radical (unpaired) electrons. The zero-order chi connectivity index (χ0) is 13.9. The minimum Gasteiger partial charge on any atom is -0.506 e. The van der Waals surface area contributed by atoms with E-state index in [4.69, 9.17) is 4.74 Å². The average Bonchev–Trinajstić information content (AvgIpc) is 2.90. The molecule has 0 unspecified atom stereocenters. The van der Waals surface area contributed by atoms with E-state index in [1.165, 1.54) is 4.80 Å². The van der Waals surface area contributed by atoms with Crippen LogP contribution in [0.25, 0.3) is 16.7 Å². The van der Waals surface area contributed by atoms with Gasteiger partial charge < -0.3 is 9.84 Å². The van der Waals surface area contributed by atoms with Crippen LogP contribution in [0.5, 0.6) is 11.5 Å². The van der Waals surface area contributed by atoms with Crippen LogP contribution in [0.3, 0.4) is 0 Å². The molecule has 0 aliphatic heterocycles. The first-order valence-electron chi connectivity index (χ1n) is 6.56. The Morgan fingerprint density at radius 3 is 2.45 bits per heavy atom. The Bertz CT molecular complexity index is 704. The Balaban J connectivity index is 2.03. The van der Waals surface area contributed by atoms with Gasteiger partial charge in [0.05, 0.1) is 6.61 Å². The first-order valence-corrected chi connectivity index (χ1v) is 6.56. The van der Waals surface area contributed by atoms with Gasteiger partial charge in [-0.2, -0.15) is 0 Å². The molecule has 2 aromatic carbocycles. The number of fused-ring (bicyclic) bond motifs is 1. The predicted molar refractivity (Wildman–Crippen MR) is 76.3 cm³/mol. The van der Waals surface area contributed by atoms with Gasteiger partial charge in [0.15, 0.2) is 0 Å². The highest BCUT2D eigenvalue weighted by Crippen LogP contribution is 2.26. The Morgan fingerprint density at radius 1 is 1.10 bits per heavy atom. The van der Waals surface area contributed by atoms with Gasteiger partial charge in [0.25, 0.3) is 0 Å². The molecule has 0 amide bonds. The molecular weight excluding hydrogens is 254 g/mol. The molecule has 3 rings (SSSR count). The molecule has 20 heavy (non-hydrogen) atoms. The summed E-state index contributed by atoms with van der Waals surface area (Å²) in [4.78, 5) is 1.43. The summed E-state index contributed by atoms with van der Waals surface area (Å²) in [6.45, 7) is 2.68. The molecular formula is C15H15N3O2. The number of phenolic OH excluding ortho intramolecular Hbond substituents is 1. The van der Waals surface area contributed by atoms with Crippen LogP contribution in [0, 0.1) is 0 Å². The van der Waals surface area contributed by atoms with Crippen molar-refractivity contribution in [1.82, 2.24) is 15.0 Å². The lowest BCUT2D eigenvalue weighted by Crippen LogP contribution is -2.01. The second kappa shape index (κ2) is 5.21. The highest BCUT2D eigenvalue weighted by Gasteiger charge is 2.10. The van der Waals surface area contributed by atoms with Gasteiger partial charge in [-0.3, -0.25) is 0 Å². The van der Waals surface area contributed by atoms with E-state index < -0.39 is 0 Å². The molecule has 0 saturated heterocycles. The van der Waals surface area contributed by atoms with E-state index in [-0.39, 0.29) is 5.75 Å². The quantitative estimate of drug-likeness (QED) is 0.791. The molecule has 0 saturated carbocycles. The van der Waals surface area contributed by atoms with Crippen molar-refractivity contribution in [1.29, 1.82) is 0 Å². The van der Waals surface area contributed by atoms with Gasteiger partial charge in [-0.1, -0.05) is 19.1 Å². The number of aromatic nitrogens is 3. The Kier molecular flexibility index (Phi) is 3.25. The monoisotopic (exact) mass is 269 g/mol. The van der Waals surface area contributed by atoms with Crippen LogP contribution in [0.2, 0.25) is 0 Å². The summed E-state index contributed by atoms with van der Waals surface area (Å²) in [6, 6.07) is 12.6. The molecule has 0 atom stereocenters. The topological polar surface area (TPSA) is 60.2 Å². The number of phenols is 1. The standard InChI is InChI=1S/C15H15N3O2/c1-2-9-20-11-7-8-15(19)14(10-11)18-16-12-5-3-4-6-13(12)17-18/h3-8,10,19H,2,9H2,1H3. The van der Waals surface area contributed by atoms with Crippen molar-refractivity contribution in [3.8, 4) is 17.2 Å². The summed E-state index contributed by atoms with van der Waals surface area (Å²) in [5.41, 5.74) is 2.08. The lowest BCUT2D eigenvalue weighted by atomic mass is 10.3. The second-order valence-electron chi connectivity index (χ2n) is 4.48. The molecule has 1 heterocycles. The van der Waals surface area contributed by atoms with E-state index in [0.717, 1.165) is 17.5 Å². The van der Waals surface area contributed by atoms with Crippen molar-refractivity contribution in [2.24, 2.45) is 0 Å². The van der Waals surface area contributed by atoms with E-state index in [2.05, 4.69) is 10.2 Å². The molecule has 0 fully saturated rings. The van der Waals surface area contributed by atoms with Crippen LogP contribution in [0.15, 0.2) is 42.5 Å². The third-order valence-corrected chi connectivity index (χ3v) is 2.92. The van der Waals surface area contributed by atoms with Crippen molar-refractivity contribution in [2.45, 2.75) is 13.3 Å². The Hall–Kier alpha value is -2.56. The predicted octanol–water partition coefficient (Wildman–Crippen LogP) is 2.91. The van der Waals surface area contributed by atoms with Crippen molar-refractivity contribution in [2.75, 3.05) is 6.61 Å². The SMILES string of the molecule is CCCOc1ccc(O)c(-n2nc3ccccc3n2)c1. The lowest BCUT2D eigenvalue weighted by molar-refractivity contribution is 0.316. The molecule has 0 spiro atoms. The minimum absolute atomic E-state index is 0.120. The number of rotatable bonds is 4. The van der Waals surface area contributed by atoms with Gasteiger partial charge >= 0.3 is 0 Å². The number of ether oxygens (including phenoxy) is 1. The van der Waals surface area contributed by atoms with Gasteiger partial charge in [-0.25, -0.2) is 0 Å². The first kappa shape index (κ1) is 12.5. The maximum atomic E-state index is 9.98. The normalized spacial score (nSPS) is 10.8. The Morgan fingerprint density at radius 2 is 1.80 bits per heavy atom. The highest BCUT2D eigenvalue weighted by molar-refractivity contribution is 5.73.